The van der Waals surface area contributed by atoms with Gasteiger partial charge in [0.05, 0.1) is 13.2 Å². The molecule has 31 heavy (non-hydrogen) atoms. The Morgan fingerprint density at radius 3 is 1.42 bits per heavy atom. The van der Waals surface area contributed by atoms with Gasteiger partial charge in [0.25, 0.3) is 0 Å². The summed E-state index contributed by atoms with van der Waals surface area (Å²) in [6.45, 7) is 13.5. The Kier molecular flexibility index (Phi) is 10.8. The Morgan fingerprint density at radius 1 is 0.742 bits per heavy atom. The Hall–Kier alpha value is -0.120. The molecule has 0 spiro atoms. The summed E-state index contributed by atoms with van der Waals surface area (Å²) in [7, 11) is 0. The summed E-state index contributed by atoms with van der Waals surface area (Å²) >= 11 is 13.0. The predicted molar refractivity (Wildman–Crippen MR) is 130 cm³/mol. The average molecular weight is 476 g/mol. The van der Waals surface area contributed by atoms with Gasteiger partial charge in [-0.1, -0.05) is 54.4 Å². The van der Waals surface area contributed by atoms with E-state index in [0.717, 1.165) is 25.7 Å². The molecule has 3 nitrogen and oxygen atoms in total. The molecule has 0 N–H and O–H groups in total. The SMILES string of the molecule is CC1CCC(C(C)C)C(C(=O)C(Cl)COCC(Cl)C(=O)C2CC(C)CCC2C(C)C)C1. The topological polar surface area (TPSA) is 43.4 Å². The van der Waals surface area contributed by atoms with Crippen LogP contribution in [0.1, 0.15) is 80.1 Å². The smallest absolute Gasteiger partial charge is 0.156 e. The second-order valence-corrected chi connectivity index (χ2v) is 12.2. The third-order valence-corrected chi connectivity index (χ3v) is 8.60. The van der Waals surface area contributed by atoms with Crippen LogP contribution in [0.25, 0.3) is 0 Å². The number of carbonyl (C=O) groups is 2. The number of ether oxygens (including phenoxy) is 1. The van der Waals surface area contributed by atoms with E-state index < -0.39 is 10.8 Å². The molecule has 0 bridgehead atoms. The maximum Gasteiger partial charge on any atom is 0.156 e. The lowest BCUT2D eigenvalue weighted by atomic mass is 9.68. The molecule has 2 aliphatic carbocycles. The van der Waals surface area contributed by atoms with Crippen LogP contribution in [0.4, 0.5) is 0 Å². The summed E-state index contributed by atoms with van der Waals surface area (Å²) in [6.07, 6.45) is 6.38. The van der Waals surface area contributed by atoms with Crippen molar-refractivity contribution in [1.82, 2.24) is 0 Å². The van der Waals surface area contributed by atoms with Crippen molar-refractivity contribution in [1.29, 1.82) is 0 Å². The van der Waals surface area contributed by atoms with Crippen LogP contribution >= 0.6 is 23.2 Å². The van der Waals surface area contributed by atoms with E-state index in [1.54, 1.807) is 0 Å². The molecule has 0 aliphatic heterocycles. The van der Waals surface area contributed by atoms with Crippen molar-refractivity contribution in [3.05, 3.63) is 0 Å². The molecule has 0 aromatic heterocycles. The first-order chi connectivity index (χ1) is 14.5. The second kappa shape index (κ2) is 12.4. The minimum absolute atomic E-state index is 0.0128. The normalized spacial score (nSPS) is 34.0. The van der Waals surface area contributed by atoms with Gasteiger partial charge in [0, 0.05) is 11.8 Å². The van der Waals surface area contributed by atoms with E-state index in [1.807, 2.05) is 0 Å². The number of rotatable bonds is 10. The lowest BCUT2D eigenvalue weighted by Gasteiger charge is -2.37. The molecule has 5 heteroatoms. The van der Waals surface area contributed by atoms with Gasteiger partial charge in [-0.25, -0.2) is 0 Å². The third-order valence-electron chi connectivity index (χ3n) is 7.92. The zero-order chi connectivity index (χ0) is 23.3. The quantitative estimate of drug-likeness (QED) is 0.328. The maximum absolute atomic E-state index is 13.1. The number of alkyl halides is 2. The van der Waals surface area contributed by atoms with Crippen molar-refractivity contribution < 1.29 is 14.3 Å². The fourth-order valence-corrected chi connectivity index (χ4v) is 6.46. The van der Waals surface area contributed by atoms with Gasteiger partial charge >= 0.3 is 0 Å². The van der Waals surface area contributed by atoms with Gasteiger partial charge in [-0.2, -0.15) is 0 Å². The molecule has 8 unspecified atom stereocenters. The van der Waals surface area contributed by atoms with Crippen LogP contribution in [0.5, 0.6) is 0 Å². The van der Waals surface area contributed by atoms with Crippen molar-refractivity contribution in [3.8, 4) is 0 Å². The highest BCUT2D eigenvalue weighted by atomic mass is 35.5. The van der Waals surface area contributed by atoms with Crippen molar-refractivity contribution >= 4 is 34.8 Å². The first-order valence-corrected chi connectivity index (χ1v) is 13.3. The fraction of sp³-hybridized carbons (Fsp3) is 0.923. The van der Waals surface area contributed by atoms with E-state index in [1.165, 1.54) is 12.8 Å². The molecule has 0 saturated heterocycles. The number of carbonyl (C=O) groups excluding carboxylic acids is 2. The molecule has 0 radical (unpaired) electrons. The minimum Gasteiger partial charge on any atom is -0.377 e. The van der Waals surface area contributed by atoms with Gasteiger partial charge in [0.1, 0.15) is 10.8 Å². The number of Topliss-reactive ketones (excluding diaryl/α,β-unsaturated/α-hetero) is 2. The number of hydrogen-bond donors (Lipinski definition) is 0. The van der Waals surface area contributed by atoms with E-state index in [-0.39, 0.29) is 36.6 Å². The molecule has 2 aliphatic rings. The molecule has 2 fully saturated rings. The molecule has 180 valence electrons. The van der Waals surface area contributed by atoms with Crippen molar-refractivity contribution in [2.75, 3.05) is 13.2 Å². The first kappa shape index (κ1) is 27.1. The van der Waals surface area contributed by atoms with Crippen LogP contribution in [0.15, 0.2) is 0 Å². The molecular formula is C26H44Cl2O3. The summed E-state index contributed by atoms with van der Waals surface area (Å²) < 4.78 is 5.72. The Morgan fingerprint density at radius 2 is 1.10 bits per heavy atom. The van der Waals surface area contributed by atoms with E-state index in [0.29, 0.717) is 35.5 Å². The van der Waals surface area contributed by atoms with E-state index in [9.17, 15) is 9.59 Å². The summed E-state index contributed by atoms with van der Waals surface area (Å²) in [4.78, 5) is 26.1. The lowest BCUT2D eigenvalue weighted by Crippen LogP contribution is -2.40. The van der Waals surface area contributed by atoms with Crippen LogP contribution in [-0.2, 0) is 14.3 Å². The number of halogens is 2. The van der Waals surface area contributed by atoms with Gasteiger partial charge in [0.15, 0.2) is 11.6 Å². The summed E-state index contributed by atoms with van der Waals surface area (Å²) in [5.41, 5.74) is 0. The number of ketones is 2. The standard InChI is InChI=1S/C26H44Cl2O3/c1-15(2)19-9-7-17(5)11-21(19)25(29)23(27)13-31-14-24(28)26(30)22-12-18(6)8-10-20(22)16(3)4/h15-24H,7-14H2,1-6H3. The monoisotopic (exact) mass is 474 g/mol. The van der Waals surface area contributed by atoms with Gasteiger partial charge in [-0.3, -0.25) is 9.59 Å². The largest absolute Gasteiger partial charge is 0.377 e. The molecule has 2 rings (SSSR count). The molecule has 0 aromatic carbocycles. The summed E-state index contributed by atoms with van der Waals surface area (Å²) in [5.74, 6) is 3.09. The van der Waals surface area contributed by atoms with Crippen molar-refractivity contribution in [3.63, 3.8) is 0 Å². The van der Waals surface area contributed by atoms with Gasteiger partial charge in [-0.05, 0) is 61.2 Å². The van der Waals surface area contributed by atoms with E-state index in [2.05, 4.69) is 41.5 Å². The van der Waals surface area contributed by atoms with Gasteiger partial charge in [0.2, 0.25) is 0 Å². The second-order valence-electron chi connectivity index (χ2n) is 11.1. The van der Waals surface area contributed by atoms with Crippen molar-refractivity contribution in [2.24, 2.45) is 47.3 Å². The average Bonchev–Trinajstić information content (AvgIpc) is 2.71. The van der Waals surface area contributed by atoms with E-state index >= 15 is 0 Å². The zero-order valence-electron chi connectivity index (χ0n) is 20.4. The van der Waals surface area contributed by atoms with Crippen LogP contribution in [-0.4, -0.2) is 35.5 Å². The van der Waals surface area contributed by atoms with Crippen LogP contribution < -0.4 is 0 Å². The van der Waals surface area contributed by atoms with Gasteiger partial charge < -0.3 is 4.74 Å². The molecule has 0 aromatic rings. The van der Waals surface area contributed by atoms with Crippen LogP contribution in [0.3, 0.4) is 0 Å². The molecule has 0 heterocycles. The van der Waals surface area contributed by atoms with E-state index in [4.69, 9.17) is 27.9 Å². The highest BCUT2D eigenvalue weighted by molar-refractivity contribution is 6.32. The Labute approximate surface area is 200 Å². The summed E-state index contributed by atoms with van der Waals surface area (Å²) in [5, 5.41) is -1.35. The fourth-order valence-electron chi connectivity index (χ4n) is 5.96. The highest BCUT2D eigenvalue weighted by Gasteiger charge is 2.39. The van der Waals surface area contributed by atoms with Crippen LogP contribution in [0.2, 0.25) is 0 Å². The molecular weight excluding hydrogens is 431 g/mol. The Bertz CT molecular complexity index is 541. The molecule has 8 atom stereocenters. The van der Waals surface area contributed by atoms with Crippen LogP contribution in [0, 0.1) is 47.3 Å². The van der Waals surface area contributed by atoms with Crippen molar-refractivity contribution in [2.45, 2.75) is 90.8 Å². The summed E-state index contributed by atoms with van der Waals surface area (Å²) in [6, 6.07) is 0. The minimum atomic E-state index is -0.673. The zero-order valence-corrected chi connectivity index (χ0v) is 21.9. The Balaban J connectivity index is 1.86. The molecule has 2 saturated carbocycles. The lowest BCUT2D eigenvalue weighted by molar-refractivity contribution is -0.128. The predicted octanol–water partition coefficient (Wildman–Crippen LogP) is 6.77. The number of hydrogen-bond acceptors (Lipinski definition) is 3. The first-order valence-electron chi connectivity index (χ1n) is 12.5. The maximum atomic E-state index is 13.1. The van der Waals surface area contributed by atoms with Gasteiger partial charge in [-0.15, -0.1) is 23.2 Å². The third kappa shape index (κ3) is 7.44. The molecule has 0 amide bonds. The highest BCUT2D eigenvalue weighted by Crippen LogP contribution is 2.40.